The van der Waals surface area contributed by atoms with Crippen LogP contribution in [0.2, 0.25) is 0 Å². The molecular weight excluding hydrogens is 326 g/mol. The Balaban J connectivity index is 1.65. The van der Waals surface area contributed by atoms with E-state index in [1.165, 1.54) is 6.07 Å². The molecule has 0 aliphatic carbocycles. The van der Waals surface area contributed by atoms with E-state index >= 15 is 0 Å². The molecule has 2 aromatic carbocycles. The number of fused-ring (bicyclic) bond motifs is 1. The van der Waals surface area contributed by atoms with Crippen molar-refractivity contribution in [1.29, 1.82) is 0 Å². The van der Waals surface area contributed by atoms with E-state index in [0.29, 0.717) is 34.6 Å². The Hall–Kier alpha value is -3.55. The van der Waals surface area contributed by atoms with Crippen molar-refractivity contribution >= 4 is 34.5 Å². The van der Waals surface area contributed by atoms with E-state index in [2.05, 4.69) is 15.6 Å². The number of hydrogen-bond acceptors (Lipinski definition) is 5. The van der Waals surface area contributed by atoms with Gasteiger partial charge in [-0.1, -0.05) is 0 Å². The quantitative estimate of drug-likeness (QED) is 0.631. The Labute approximate surface area is 141 Å². The van der Waals surface area contributed by atoms with E-state index in [9.17, 15) is 14.4 Å². The Bertz CT molecular complexity index is 972. The summed E-state index contributed by atoms with van der Waals surface area (Å²) in [6, 6.07) is 10.7. The maximum Gasteiger partial charge on any atom is 0.417 e. The number of aromatic nitrogens is 1. The maximum atomic E-state index is 12.0. The van der Waals surface area contributed by atoms with Gasteiger partial charge in [-0.2, -0.15) is 0 Å². The number of benzene rings is 2. The van der Waals surface area contributed by atoms with Gasteiger partial charge in [-0.3, -0.25) is 4.98 Å². The molecule has 0 saturated carbocycles. The van der Waals surface area contributed by atoms with Crippen molar-refractivity contribution < 1.29 is 18.7 Å². The van der Waals surface area contributed by atoms with Crippen molar-refractivity contribution in [2.45, 2.75) is 6.92 Å². The maximum absolute atomic E-state index is 12.0. The Morgan fingerprint density at radius 1 is 1.08 bits per heavy atom. The van der Waals surface area contributed by atoms with Crippen LogP contribution in [0.1, 0.15) is 17.3 Å². The topological polar surface area (TPSA) is 113 Å². The Kier molecular flexibility index (Phi) is 4.51. The molecule has 1 heterocycles. The second kappa shape index (κ2) is 6.91. The fourth-order valence-corrected chi connectivity index (χ4v) is 2.22. The highest BCUT2D eigenvalue weighted by atomic mass is 16.5. The second-order valence-corrected chi connectivity index (χ2v) is 5.10. The largest absolute Gasteiger partial charge is 0.462 e. The predicted octanol–water partition coefficient (Wildman–Crippen LogP) is 2.94. The molecule has 0 unspecified atom stereocenters. The standard InChI is InChI=1S/C17H15N3O5/c1-2-24-15(21)10-3-5-11(6-4-10)18-16(22)19-12-7-8-13-14(9-12)25-17(23)20-13/h3-9H,2H2,1H3,(H,20,23)(H2,18,19,22). The molecule has 1 aromatic heterocycles. The van der Waals surface area contributed by atoms with E-state index in [-0.39, 0.29) is 0 Å². The molecule has 2 amide bonds. The van der Waals surface area contributed by atoms with E-state index < -0.39 is 17.8 Å². The third kappa shape index (κ3) is 3.86. The minimum atomic E-state index is -0.557. The Morgan fingerprint density at radius 2 is 1.76 bits per heavy atom. The van der Waals surface area contributed by atoms with Crippen LogP contribution in [-0.4, -0.2) is 23.6 Å². The number of urea groups is 1. The van der Waals surface area contributed by atoms with Gasteiger partial charge in [-0.25, -0.2) is 14.4 Å². The first-order valence-electron chi connectivity index (χ1n) is 7.53. The number of amides is 2. The van der Waals surface area contributed by atoms with Crippen molar-refractivity contribution in [2.75, 3.05) is 17.2 Å². The molecule has 8 heteroatoms. The zero-order valence-corrected chi connectivity index (χ0v) is 13.3. The van der Waals surface area contributed by atoms with Crippen molar-refractivity contribution in [3.63, 3.8) is 0 Å². The lowest BCUT2D eigenvalue weighted by atomic mass is 10.2. The van der Waals surface area contributed by atoms with Gasteiger partial charge in [0.05, 0.1) is 17.7 Å². The molecule has 3 N–H and O–H groups in total. The van der Waals surface area contributed by atoms with E-state index in [0.717, 1.165) is 0 Å². The van der Waals surface area contributed by atoms with Gasteiger partial charge in [0.15, 0.2) is 5.58 Å². The van der Waals surface area contributed by atoms with Crippen LogP contribution >= 0.6 is 0 Å². The number of hydrogen-bond donors (Lipinski definition) is 3. The number of H-pyrrole nitrogens is 1. The van der Waals surface area contributed by atoms with Gasteiger partial charge < -0.3 is 19.8 Å². The molecule has 128 valence electrons. The van der Waals surface area contributed by atoms with Crippen LogP contribution in [0.3, 0.4) is 0 Å². The third-order valence-electron chi connectivity index (χ3n) is 3.33. The second-order valence-electron chi connectivity index (χ2n) is 5.10. The first-order valence-corrected chi connectivity index (χ1v) is 7.53. The lowest BCUT2D eigenvalue weighted by Gasteiger charge is -2.08. The van der Waals surface area contributed by atoms with Crippen LogP contribution in [0.4, 0.5) is 16.2 Å². The molecule has 3 aromatic rings. The Morgan fingerprint density at radius 3 is 2.48 bits per heavy atom. The zero-order chi connectivity index (χ0) is 17.8. The molecule has 0 bridgehead atoms. The average Bonchev–Trinajstić information content (AvgIpc) is 2.95. The summed E-state index contributed by atoms with van der Waals surface area (Å²) in [6.07, 6.45) is 0. The number of carbonyl (C=O) groups is 2. The number of esters is 1. The fraction of sp³-hybridized carbons (Fsp3) is 0.118. The summed E-state index contributed by atoms with van der Waals surface area (Å²) in [4.78, 5) is 37.2. The molecular formula is C17H15N3O5. The summed E-state index contributed by atoms with van der Waals surface area (Å²) in [6.45, 7) is 2.03. The minimum absolute atomic E-state index is 0.298. The molecule has 0 saturated heterocycles. The number of ether oxygens (including phenoxy) is 1. The normalized spacial score (nSPS) is 10.4. The van der Waals surface area contributed by atoms with Gasteiger partial charge in [0.2, 0.25) is 0 Å². The lowest BCUT2D eigenvalue weighted by molar-refractivity contribution is 0.0526. The first kappa shape index (κ1) is 16.3. The smallest absolute Gasteiger partial charge is 0.417 e. The van der Waals surface area contributed by atoms with Gasteiger partial charge in [-0.05, 0) is 43.3 Å². The number of anilines is 2. The van der Waals surface area contributed by atoms with Crippen molar-refractivity contribution in [3.8, 4) is 0 Å². The van der Waals surface area contributed by atoms with Crippen molar-refractivity contribution in [3.05, 3.63) is 58.6 Å². The summed E-state index contributed by atoms with van der Waals surface area (Å²) in [5.41, 5.74) is 2.28. The molecule has 3 rings (SSSR count). The number of rotatable bonds is 4. The first-order chi connectivity index (χ1) is 12.0. The zero-order valence-electron chi connectivity index (χ0n) is 13.3. The summed E-state index contributed by atoms with van der Waals surface area (Å²) in [5, 5.41) is 5.27. The number of oxazole rings is 1. The van der Waals surface area contributed by atoms with Gasteiger partial charge >= 0.3 is 17.8 Å². The van der Waals surface area contributed by atoms with E-state index in [1.54, 1.807) is 43.3 Å². The summed E-state index contributed by atoms with van der Waals surface area (Å²) >= 11 is 0. The van der Waals surface area contributed by atoms with Crippen LogP contribution < -0.4 is 16.4 Å². The highest BCUT2D eigenvalue weighted by Crippen LogP contribution is 2.17. The highest BCUT2D eigenvalue weighted by molar-refractivity contribution is 6.01. The van der Waals surface area contributed by atoms with Gasteiger partial charge in [0.1, 0.15) is 0 Å². The SMILES string of the molecule is CCOC(=O)c1ccc(NC(=O)Nc2ccc3[nH]c(=O)oc3c2)cc1. The minimum Gasteiger partial charge on any atom is -0.462 e. The molecule has 25 heavy (non-hydrogen) atoms. The summed E-state index contributed by atoms with van der Waals surface area (Å²) in [7, 11) is 0. The van der Waals surface area contributed by atoms with Crippen LogP contribution in [0.25, 0.3) is 11.1 Å². The molecule has 0 fully saturated rings. The third-order valence-corrected chi connectivity index (χ3v) is 3.33. The fourth-order valence-electron chi connectivity index (χ4n) is 2.22. The number of carbonyl (C=O) groups excluding carboxylic acids is 2. The average molecular weight is 341 g/mol. The van der Waals surface area contributed by atoms with Crippen molar-refractivity contribution in [2.24, 2.45) is 0 Å². The summed E-state index contributed by atoms with van der Waals surface area (Å²) in [5.74, 6) is -0.974. The molecule has 0 radical (unpaired) electrons. The van der Waals surface area contributed by atoms with Gasteiger partial charge in [0.25, 0.3) is 0 Å². The summed E-state index contributed by atoms with van der Waals surface area (Å²) < 4.78 is 9.83. The van der Waals surface area contributed by atoms with Crippen LogP contribution in [0.5, 0.6) is 0 Å². The molecule has 8 nitrogen and oxygen atoms in total. The van der Waals surface area contributed by atoms with Crippen molar-refractivity contribution in [1.82, 2.24) is 4.98 Å². The molecule has 0 aliphatic rings. The molecule has 0 aliphatic heterocycles. The van der Waals surface area contributed by atoms with Crippen LogP contribution in [-0.2, 0) is 4.74 Å². The monoisotopic (exact) mass is 341 g/mol. The van der Waals surface area contributed by atoms with Gasteiger partial charge in [0, 0.05) is 17.4 Å². The van der Waals surface area contributed by atoms with E-state index in [4.69, 9.17) is 9.15 Å². The van der Waals surface area contributed by atoms with Gasteiger partial charge in [-0.15, -0.1) is 0 Å². The lowest BCUT2D eigenvalue weighted by Crippen LogP contribution is -2.19. The number of aromatic amines is 1. The molecule has 0 spiro atoms. The number of nitrogens with one attached hydrogen (secondary N) is 3. The highest BCUT2D eigenvalue weighted by Gasteiger charge is 2.08. The predicted molar refractivity (Wildman–Crippen MR) is 91.9 cm³/mol. The molecule has 0 atom stereocenters. The van der Waals surface area contributed by atoms with E-state index in [1.807, 2.05) is 0 Å². The van der Waals surface area contributed by atoms with Crippen LogP contribution in [0, 0.1) is 0 Å². The van der Waals surface area contributed by atoms with Crippen LogP contribution in [0.15, 0.2) is 51.7 Å².